The van der Waals surface area contributed by atoms with Gasteiger partial charge in [0.05, 0.1) is 26.9 Å². The maximum Gasteiger partial charge on any atom is 0.259 e. The van der Waals surface area contributed by atoms with Crippen molar-refractivity contribution in [2.75, 3.05) is 33.9 Å². The topological polar surface area (TPSA) is 92.2 Å². The number of pyridine rings is 1. The number of hydrogen-bond acceptors (Lipinski definition) is 6. The molecule has 4 rings (SSSR count). The molecule has 2 bridgehead atoms. The third-order valence-electron chi connectivity index (χ3n) is 6.44. The highest BCUT2D eigenvalue weighted by Crippen LogP contribution is 2.42. The van der Waals surface area contributed by atoms with Gasteiger partial charge in [-0.1, -0.05) is 0 Å². The van der Waals surface area contributed by atoms with Crippen LogP contribution in [-0.4, -0.2) is 77.7 Å². The number of methoxy groups -OCH3 is 2. The van der Waals surface area contributed by atoms with Gasteiger partial charge in [-0.3, -0.25) is 9.59 Å². The number of carbonyl (C=O) groups excluding carboxylic acids is 2. The third kappa shape index (κ3) is 3.09. The van der Waals surface area contributed by atoms with Crippen LogP contribution in [-0.2, 0) is 4.79 Å². The summed E-state index contributed by atoms with van der Waals surface area (Å²) in [6.07, 6.45) is 3.32. The highest BCUT2D eigenvalue weighted by molar-refractivity contribution is 5.96. The van der Waals surface area contributed by atoms with E-state index in [1.54, 1.807) is 12.1 Å². The minimum atomic E-state index is -0.208. The van der Waals surface area contributed by atoms with Crippen LogP contribution in [0.15, 0.2) is 12.1 Å². The Bertz CT molecular complexity index is 756. The summed E-state index contributed by atoms with van der Waals surface area (Å²) in [5.74, 6) is 0.976. The number of aliphatic hydroxyl groups excluding tert-OH is 1. The molecular formula is C20H27N3O5. The predicted molar refractivity (Wildman–Crippen MR) is 100 cm³/mol. The third-order valence-corrected chi connectivity index (χ3v) is 6.44. The predicted octanol–water partition coefficient (Wildman–Crippen LogP) is 0.933. The lowest BCUT2D eigenvalue weighted by Crippen LogP contribution is -2.66. The fraction of sp³-hybridized carbons (Fsp3) is 0.650. The van der Waals surface area contributed by atoms with Crippen LogP contribution in [0, 0.1) is 11.8 Å². The largest absolute Gasteiger partial charge is 0.481 e. The zero-order chi connectivity index (χ0) is 19.8. The standard InChI is InChI=1S/C20H27N3O5/c1-27-17-7-6-14(19(21-17)28-2)20(26)22-9-12-8-13(10-22)16(11-24)23-15(12)4-3-5-18(23)25/h6-7,12-13,15-16,24H,3-5,8-11H2,1-2H3/t12-,13+,15+,16+/m1/s1. The van der Waals surface area contributed by atoms with Gasteiger partial charge < -0.3 is 24.4 Å². The Balaban J connectivity index is 1.60. The van der Waals surface area contributed by atoms with E-state index in [1.165, 1.54) is 14.2 Å². The second-order valence-electron chi connectivity index (χ2n) is 7.89. The van der Waals surface area contributed by atoms with Crippen molar-refractivity contribution in [3.05, 3.63) is 17.7 Å². The molecule has 0 spiro atoms. The first-order valence-corrected chi connectivity index (χ1v) is 9.87. The molecule has 3 aliphatic rings. The highest BCUT2D eigenvalue weighted by Gasteiger charge is 2.50. The molecule has 152 valence electrons. The molecule has 0 aromatic carbocycles. The minimum Gasteiger partial charge on any atom is -0.481 e. The Morgan fingerprint density at radius 1 is 1.25 bits per heavy atom. The summed E-state index contributed by atoms with van der Waals surface area (Å²) in [4.78, 5) is 33.7. The molecule has 1 aromatic rings. The summed E-state index contributed by atoms with van der Waals surface area (Å²) < 4.78 is 10.4. The number of aliphatic hydroxyl groups is 1. The van der Waals surface area contributed by atoms with Crippen LogP contribution in [0.4, 0.5) is 0 Å². The lowest BCUT2D eigenvalue weighted by Gasteiger charge is -2.56. The molecule has 8 nitrogen and oxygen atoms in total. The first kappa shape index (κ1) is 19.0. The second-order valence-corrected chi connectivity index (χ2v) is 7.89. The number of rotatable bonds is 4. The van der Waals surface area contributed by atoms with E-state index in [0.717, 1.165) is 19.3 Å². The molecule has 0 radical (unpaired) electrons. The minimum absolute atomic E-state index is 0.0604. The Morgan fingerprint density at radius 2 is 2.04 bits per heavy atom. The van der Waals surface area contributed by atoms with Crippen LogP contribution in [0.1, 0.15) is 36.0 Å². The maximum atomic E-state index is 13.3. The normalized spacial score (nSPS) is 29.3. The van der Waals surface area contributed by atoms with E-state index in [2.05, 4.69) is 4.98 Å². The number of fused-ring (bicyclic) bond motifs is 4. The van der Waals surface area contributed by atoms with Crippen LogP contribution >= 0.6 is 0 Å². The molecule has 0 aliphatic carbocycles. The fourth-order valence-electron chi connectivity index (χ4n) is 5.20. The van der Waals surface area contributed by atoms with Crippen molar-refractivity contribution in [2.24, 2.45) is 11.8 Å². The highest BCUT2D eigenvalue weighted by atomic mass is 16.5. The lowest BCUT2D eigenvalue weighted by molar-refractivity contribution is -0.154. The SMILES string of the molecule is COc1ccc(C(=O)N2C[C@H]3C[C@@H](C2)[C@H](CO)N2C(=O)CCC[C@@H]32)c(OC)n1. The number of hydrogen-bond donors (Lipinski definition) is 1. The molecule has 28 heavy (non-hydrogen) atoms. The smallest absolute Gasteiger partial charge is 0.259 e. The average Bonchev–Trinajstić information content (AvgIpc) is 2.73. The van der Waals surface area contributed by atoms with E-state index in [-0.39, 0.29) is 48.2 Å². The summed E-state index contributed by atoms with van der Waals surface area (Å²) in [7, 11) is 3.00. The molecule has 2 amide bonds. The maximum absolute atomic E-state index is 13.3. The van der Waals surface area contributed by atoms with Crippen molar-refractivity contribution in [3.63, 3.8) is 0 Å². The van der Waals surface area contributed by atoms with Gasteiger partial charge >= 0.3 is 0 Å². The van der Waals surface area contributed by atoms with Crippen LogP contribution < -0.4 is 9.47 Å². The second kappa shape index (κ2) is 7.58. The molecule has 3 saturated heterocycles. The van der Waals surface area contributed by atoms with Crippen molar-refractivity contribution in [1.29, 1.82) is 0 Å². The zero-order valence-corrected chi connectivity index (χ0v) is 16.3. The molecule has 0 unspecified atom stereocenters. The molecular weight excluding hydrogens is 362 g/mol. The van der Waals surface area contributed by atoms with Gasteiger partial charge in [-0.15, -0.1) is 0 Å². The molecule has 3 aliphatic heterocycles. The summed E-state index contributed by atoms with van der Waals surface area (Å²) in [5, 5.41) is 10.0. The fourth-order valence-corrected chi connectivity index (χ4v) is 5.20. The number of ether oxygens (including phenoxy) is 2. The number of amides is 2. The van der Waals surface area contributed by atoms with Gasteiger partial charge in [-0.2, -0.15) is 4.98 Å². The summed E-state index contributed by atoms with van der Waals surface area (Å²) in [6, 6.07) is 3.23. The van der Waals surface area contributed by atoms with Crippen molar-refractivity contribution >= 4 is 11.8 Å². The molecule has 0 saturated carbocycles. The monoisotopic (exact) mass is 389 g/mol. The molecule has 1 N–H and O–H groups in total. The van der Waals surface area contributed by atoms with Gasteiger partial charge in [0.15, 0.2) is 0 Å². The van der Waals surface area contributed by atoms with E-state index in [4.69, 9.17) is 9.47 Å². The van der Waals surface area contributed by atoms with Gasteiger partial charge in [-0.05, 0) is 37.2 Å². The van der Waals surface area contributed by atoms with Gasteiger partial charge in [0, 0.05) is 31.6 Å². The van der Waals surface area contributed by atoms with Gasteiger partial charge in [-0.25, -0.2) is 0 Å². The van der Waals surface area contributed by atoms with Crippen LogP contribution in [0.3, 0.4) is 0 Å². The molecule has 3 fully saturated rings. The molecule has 4 heterocycles. The number of piperidine rings is 3. The number of likely N-dealkylation sites (tertiary alicyclic amines) is 1. The molecule has 1 aromatic heterocycles. The van der Waals surface area contributed by atoms with E-state index in [1.807, 2.05) is 9.80 Å². The first-order valence-electron chi connectivity index (χ1n) is 9.87. The number of aromatic nitrogens is 1. The first-order chi connectivity index (χ1) is 13.6. The van der Waals surface area contributed by atoms with Crippen LogP contribution in [0.2, 0.25) is 0 Å². The quantitative estimate of drug-likeness (QED) is 0.824. The zero-order valence-electron chi connectivity index (χ0n) is 16.3. The number of carbonyl (C=O) groups is 2. The average molecular weight is 389 g/mol. The Morgan fingerprint density at radius 3 is 2.75 bits per heavy atom. The Labute approximate surface area is 164 Å². The summed E-state index contributed by atoms with van der Waals surface area (Å²) >= 11 is 0. The van der Waals surface area contributed by atoms with E-state index in [0.29, 0.717) is 31.0 Å². The van der Waals surface area contributed by atoms with E-state index < -0.39 is 0 Å². The molecule has 4 atom stereocenters. The summed E-state index contributed by atoms with van der Waals surface area (Å²) in [6.45, 7) is 1.07. The van der Waals surface area contributed by atoms with Crippen molar-refractivity contribution < 1.29 is 24.2 Å². The number of nitrogens with zero attached hydrogens (tertiary/aromatic N) is 3. The van der Waals surface area contributed by atoms with Gasteiger partial charge in [0.25, 0.3) is 5.91 Å². The lowest BCUT2D eigenvalue weighted by atomic mass is 9.72. The van der Waals surface area contributed by atoms with Crippen molar-refractivity contribution in [3.8, 4) is 11.8 Å². The van der Waals surface area contributed by atoms with E-state index >= 15 is 0 Å². The summed E-state index contributed by atoms with van der Waals surface area (Å²) in [5.41, 5.74) is 0.403. The van der Waals surface area contributed by atoms with Crippen molar-refractivity contribution in [2.45, 2.75) is 37.8 Å². The van der Waals surface area contributed by atoms with Gasteiger partial charge in [0.1, 0.15) is 5.56 Å². The van der Waals surface area contributed by atoms with E-state index in [9.17, 15) is 14.7 Å². The van der Waals surface area contributed by atoms with Gasteiger partial charge in [0.2, 0.25) is 17.7 Å². The van der Waals surface area contributed by atoms with Crippen LogP contribution in [0.5, 0.6) is 11.8 Å². The molecule has 8 heteroatoms. The van der Waals surface area contributed by atoms with Crippen molar-refractivity contribution in [1.82, 2.24) is 14.8 Å². The Kier molecular flexibility index (Phi) is 5.14. The Hall–Kier alpha value is -2.35. The van der Waals surface area contributed by atoms with Crippen LogP contribution in [0.25, 0.3) is 0 Å².